The van der Waals surface area contributed by atoms with E-state index in [1.54, 1.807) is 18.2 Å². The number of hydrogen-bond acceptors (Lipinski definition) is 4. The largest absolute Gasteiger partial charge is 0.494 e. The highest BCUT2D eigenvalue weighted by Crippen LogP contribution is 2.30. The number of amides is 1. The van der Waals surface area contributed by atoms with Crippen molar-refractivity contribution in [1.29, 1.82) is 0 Å². The van der Waals surface area contributed by atoms with E-state index >= 15 is 0 Å². The van der Waals surface area contributed by atoms with Crippen LogP contribution in [-0.4, -0.2) is 23.2 Å². The molecule has 0 aliphatic rings. The van der Waals surface area contributed by atoms with Crippen LogP contribution in [0.15, 0.2) is 18.2 Å². The van der Waals surface area contributed by atoms with E-state index in [-0.39, 0.29) is 12.5 Å². The number of rotatable bonds is 6. The number of ether oxygens (including phenoxy) is 1. The van der Waals surface area contributed by atoms with Crippen molar-refractivity contribution in [2.45, 2.75) is 46.8 Å². The van der Waals surface area contributed by atoms with Crippen molar-refractivity contribution in [1.82, 2.24) is 0 Å². The average molecular weight is 294 g/mol. The molecule has 0 aromatic heterocycles. The Bertz CT molecular complexity index is 505. The van der Waals surface area contributed by atoms with Crippen molar-refractivity contribution in [3.05, 3.63) is 23.8 Å². The Kier molecular flexibility index (Phi) is 5.36. The quantitative estimate of drug-likeness (QED) is 0.751. The molecule has 1 rings (SSSR count). The van der Waals surface area contributed by atoms with Crippen molar-refractivity contribution >= 4 is 11.6 Å². The summed E-state index contributed by atoms with van der Waals surface area (Å²) >= 11 is 0. The molecular formula is C16H26N2O3. The number of carbonyl (C=O) groups is 1. The average Bonchev–Trinajstić information content (AvgIpc) is 2.39. The van der Waals surface area contributed by atoms with Crippen LogP contribution in [0.2, 0.25) is 0 Å². The third kappa shape index (κ3) is 3.95. The lowest BCUT2D eigenvalue weighted by molar-refractivity contribution is -0.126. The fourth-order valence-corrected chi connectivity index (χ4v) is 1.66. The Hall–Kier alpha value is -1.59. The molecule has 118 valence electrons. The first-order valence-corrected chi connectivity index (χ1v) is 7.10. The van der Waals surface area contributed by atoms with E-state index in [4.69, 9.17) is 10.5 Å². The highest BCUT2D eigenvalue weighted by atomic mass is 16.5. The number of aliphatic hydroxyl groups excluding tert-OH is 1. The summed E-state index contributed by atoms with van der Waals surface area (Å²) in [6, 6.07) is 5.20. The molecule has 1 aromatic carbocycles. The van der Waals surface area contributed by atoms with Crippen molar-refractivity contribution in [2.75, 3.05) is 11.9 Å². The third-order valence-corrected chi connectivity index (χ3v) is 3.97. The minimum absolute atomic E-state index is 0.148. The van der Waals surface area contributed by atoms with Gasteiger partial charge in [-0.1, -0.05) is 0 Å². The van der Waals surface area contributed by atoms with Crippen LogP contribution in [0.3, 0.4) is 0 Å². The van der Waals surface area contributed by atoms with Crippen LogP contribution < -0.4 is 15.8 Å². The second-order valence-corrected chi connectivity index (χ2v) is 6.21. The molecule has 0 spiro atoms. The van der Waals surface area contributed by atoms with Gasteiger partial charge in [-0.05, 0) is 52.8 Å². The molecule has 0 bridgehead atoms. The molecule has 0 saturated carbocycles. The Morgan fingerprint density at radius 3 is 2.43 bits per heavy atom. The molecule has 1 amide bonds. The van der Waals surface area contributed by atoms with E-state index < -0.39 is 11.0 Å². The number of nitrogens with one attached hydrogen (secondary N) is 1. The standard InChI is InChI=1S/C16H26N2O3/c1-6-21-13-8-7-12(9-11(13)10-19)18-14(20)15(2,3)16(4,5)17/h7-9,19H,6,10,17H2,1-5H3,(H,18,20). The van der Waals surface area contributed by atoms with Gasteiger partial charge in [-0.3, -0.25) is 4.79 Å². The number of anilines is 1. The molecule has 0 fully saturated rings. The SMILES string of the molecule is CCOc1ccc(NC(=O)C(C)(C)C(C)(C)N)cc1CO. The van der Waals surface area contributed by atoms with E-state index in [0.717, 1.165) is 0 Å². The van der Waals surface area contributed by atoms with Gasteiger partial charge in [0.2, 0.25) is 5.91 Å². The van der Waals surface area contributed by atoms with Crippen molar-refractivity contribution in [2.24, 2.45) is 11.1 Å². The Labute approximate surface area is 126 Å². The highest BCUT2D eigenvalue weighted by Gasteiger charge is 2.40. The van der Waals surface area contributed by atoms with Gasteiger partial charge >= 0.3 is 0 Å². The van der Waals surface area contributed by atoms with Crippen LogP contribution in [0.4, 0.5) is 5.69 Å². The summed E-state index contributed by atoms with van der Waals surface area (Å²) in [4.78, 5) is 12.4. The molecule has 1 aromatic rings. The summed E-state index contributed by atoms with van der Waals surface area (Å²) < 4.78 is 5.42. The van der Waals surface area contributed by atoms with E-state index in [1.807, 2.05) is 34.6 Å². The molecule has 0 radical (unpaired) electrons. The first-order chi connectivity index (χ1) is 9.63. The summed E-state index contributed by atoms with van der Waals surface area (Å²) in [6.07, 6.45) is 0. The minimum Gasteiger partial charge on any atom is -0.494 e. The first kappa shape index (κ1) is 17.5. The van der Waals surface area contributed by atoms with Crippen LogP contribution >= 0.6 is 0 Å². The van der Waals surface area contributed by atoms with Gasteiger partial charge in [0.1, 0.15) is 5.75 Å². The third-order valence-electron chi connectivity index (χ3n) is 3.97. The first-order valence-electron chi connectivity index (χ1n) is 7.10. The Balaban J connectivity index is 2.96. The Morgan fingerprint density at radius 1 is 1.33 bits per heavy atom. The fourth-order valence-electron chi connectivity index (χ4n) is 1.66. The summed E-state index contributed by atoms with van der Waals surface area (Å²) in [7, 11) is 0. The summed E-state index contributed by atoms with van der Waals surface area (Å²) in [6.45, 7) is 9.52. The maximum absolute atomic E-state index is 12.4. The molecule has 0 atom stereocenters. The summed E-state index contributed by atoms with van der Waals surface area (Å²) in [5, 5.41) is 12.2. The molecule has 0 unspecified atom stereocenters. The number of benzene rings is 1. The Morgan fingerprint density at radius 2 is 1.95 bits per heavy atom. The minimum atomic E-state index is -0.731. The molecule has 5 nitrogen and oxygen atoms in total. The lowest BCUT2D eigenvalue weighted by atomic mass is 9.74. The molecule has 0 heterocycles. The fraction of sp³-hybridized carbons (Fsp3) is 0.562. The second-order valence-electron chi connectivity index (χ2n) is 6.21. The molecular weight excluding hydrogens is 268 g/mol. The van der Waals surface area contributed by atoms with E-state index in [1.165, 1.54) is 0 Å². The van der Waals surface area contributed by atoms with Gasteiger partial charge in [-0.25, -0.2) is 0 Å². The number of hydrogen-bond donors (Lipinski definition) is 3. The molecule has 0 aliphatic carbocycles. The van der Waals surface area contributed by atoms with Gasteiger partial charge in [0.05, 0.1) is 18.6 Å². The zero-order valence-electron chi connectivity index (χ0n) is 13.5. The molecule has 5 heteroatoms. The smallest absolute Gasteiger partial charge is 0.231 e. The van der Waals surface area contributed by atoms with E-state index in [2.05, 4.69) is 5.32 Å². The number of aliphatic hydroxyl groups is 1. The summed E-state index contributed by atoms with van der Waals surface area (Å²) in [5.41, 5.74) is 5.94. The van der Waals surface area contributed by atoms with Crippen molar-refractivity contribution in [3.63, 3.8) is 0 Å². The lowest BCUT2D eigenvalue weighted by Gasteiger charge is -2.36. The van der Waals surface area contributed by atoms with Crippen LogP contribution in [0, 0.1) is 5.41 Å². The van der Waals surface area contributed by atoms with Crippen LogP contribution in [-0.2, 0) is 11.4 Å². The monoisotopic (exact) mass is 294 g/mol. The van der Waals surface area contributed by atoms with E-state index in [9.17, 15) is 9.90 Å². The van der Waals surface area contributed by atoms with Gasteiger partial charge < -0.3 is 20.9 Å². The zero-order chi connectivity index (χ0) is 16.3. The topological polar surface area (TPSA) is 84.6 Å². The van der Waals surface area contributed by atoms with Crippen molar-refractivity contribution < 1.29 is 14.6 Å². The normalized spacial score (nSPS) is 12.1. The van der Waals surface area contributed by atoms with Crippen molar-refractivity contribution in [3.8, 4) is 5.75 Å². The lowest BCUT2D eigenvalue weighted by Crippen LogP contribution is -2.53. The van der Waals surface area contributed by atoms with Gasteiger partial charge in [0.25, 0.3) is 0 Å². The highest BCUT2D eigenvalue weighted by molar-refractivity contribution is 5.95. The summed E-state index contributed by atoms with van der Waals surface area (Å²) in [5.74, 6) is 0.458. The van der Waals surface area contributed by atoms with Gasteiger partial charge in [-0.2, -0.15) is 0 Å². The molecule has 4 N–H and O–H groups in total. The number of carbonyl (C=O) groups excluding carboxylic acids is 1. The maximum atomic E-state index is 12.4. The zero-order valence-corrected chi connectivity index (χ0v) is 13.5. The molecule has 21 heavy (non-hydrogen) atoms. The van der Waals surface area contributed by atoms with E-state index in [0.29, 0.717) is 23.6 Å². The predicted molar refractivity (Wildman–Crippen MR) is 84.2 cm³/mol. The van der Waals surface area contributed by atoms with Crippen LogP contribution in [0.5, 0.6) is 5.75 Å². The van der Waals surface area contributed by atoms with Crippen LogP contribution in [0.25, 0.3) is 0 Å². The van der Waals surface area contributed by atoms with Crippen LogP contribution in [0.1, 0.15) is 40.2 Å². The van der Waals surface area contributed by atoms with Gasteiger partial charge in [0, 0.05) is 16.8 Å². The second kappa shape index (κ2) is 6.45. The predicted octanol–water partition coefficient (Wildman–Crippen LogP) is 2.28. The molecule has 0 aliphatic heterocycles. The maximum Gasteiger partial charge on any atom is 0.231 e. The van der Waals surface area contributed by atoms with Gasteiger partial charge in [0.15, 0.2) is 0 Å². The van der Waals surface area contributed by atoms with Gasteiger partial charge in [-0.15, -0.1) is 0 Å². The number of nitrogens with two attached hydrogens (primary N) is 1. The molecule has 0 saturated heterocycles.